The molecule has 1 fully saturated rings. The van der Waals surface area contributed by atoms with Crippen LogP contribution >= 0.6 is 22.6 Å². The molecule has 1 saturated carbocycles. The highest BCUT2D eigenvalue weighted by Crippen LogP contribution is 2.61. The molecule has 1 spiro atoms. The molecule has 2 unspecified atom stereocenters. The van der Waals surface area contributed by atoms with Crippen LogP contribution in [0.5, 0.6) is 0 Å². The number of aryl methyl sites for hydroxylation is 1. The van der Waals surface area contributed by atoms with Gasteiger partial charge in [-0.15, -0.1) is 0 Å². The number of hydrogen-bond acceptors (Lipinski definition) is 3. The Morgan fingerprint density at radius 1 is 1.10 bits per heavy atom. The van der Waals surface area contributed by atoms with Crippen LogP contribution in [0.1, 0.15) is 119 Å². The van der Waals surface area contributed by atoms with Gasteiger partial charge in [0.15, 0.2) is 8.32 Å². The van der Waals surface area contributed by atoms with Crippen LogP contribution in [0.2, 0.25) is 18.1 Å². The average molecular weight is 686 g/mol. The Labute approximate surface area is 252 Å². The highest BCUT2D eigenvalue weighted by molar-refractivity contribution is 14.1. The molecular formula is C32H43F3INO2Si. The third-order valence-corrected chi connectivity index (χ3v) is 15.9. The second-order valence-corrected chi connectivity index (χ2v) is 20.6. The molecule has 4 atom stereocenters. The van der Waals surface area contributed by atoms with Gasteiger partial charge in [0.2, 0.25) is 0 Å². The number of hydrogen-bond donors (Lipinski definition) is 0. The smallest absolute Gasteiger partial charge is 0.410 e. The molecule has 2 heterocycles. The Balaban J connectivity index is 1.75. The summed E-state index contributed by atoms with van der Waals surface area (Å²) in [6.07, 6.45) is 0.663. The fraction of sp³-hybridized carbons (Fsp3) is 0.656. The molecule has 1 aromatic heterocycles. The summed E-state index contributed by atoms with van der Waals surface area (Å²) in [6.45, 7) is 18.2. The van der Waals surface area contributed by atoms with Crippen molar-refractivity contribution >= 4 is 30.9 Å². The number of halogens is 4. The molecule has 0 N–H and O–H groups in total. The van der Waals surface area contributed by atoms with Crippen molar-refractivity contribution in [2.75, 3.05) is 0 Å². The van der Waals surface area contributed by atoms with Crippen LogP contribution in [-0.2, 0) is 33.8 Å². The summed E-state index contributed by atoms with van der Waals surface area (Å²) in [5.41, 5.74) is 5.36. The van der Waals surface area contributed by atoms with Crippen LogP contribution in [-0.4, -0.2) is 17.2 Å². The zero-order valence-corrected chi connectivity index (χ0v) is 28.2. The van der Waals surface area contributed by atoms with Crippen molar-refractivity contribution in [2.24, 2.45) is 5.41 Å². The molecule has 8 heteroatoms. The van der Waals surface area contributed by atoms with E-state index in [1.807, 2.05) is 0 Å². The van der Waals surface area contributed by atoms with Crippen LogP contribution in [0.25, 0.3) is 0 Å². The van der Waals surface area contributed by atoms with Gasteiger partial charge in [0.1, 0.15) is 11.7 Å². The maximum Gasteiger partial charge on any atom is 0.416 e. The molecule has 3 nitrogen and oxygen atoms in total. The van der Waals surface area contributed by atoms with Gasteiger partial charge in [-0.25, -0.2) is 0 Å². The zero-order chi connectivity index (χ0) is 29.5. The van der Waals surface area contributed by atoms with E-state index in [1.54, 1.807) is 12.1 Å². The first-order valence-electron chi connectivity index (χ1n) is 14.6. The van der Waals surface area contributed by atoms with Gasteiger partial charge < -0.3 is 9.16 Å². The number of ether oxygens (including phenoxy) is 1. The van der Waals surface area contributed by atoms with E-state index in [2.05, 4.69) is 77.2 Å². The summed E-state index contributed by atoms with van der Waals surface area (Å²) in [7, 11) is -2.13. The minimum Gasteiger partial charge on any atom is -0.410 e. The lowest BCUT2D eigenvalue weighted by atomic mass is 9.70. The molecule has 0 bridgehead atoms. The Morgan fingerprint density at radius 3 is 2.27 bits per heavy atom. The standard InChI is InChI=1S/C32H43F3INO2Si/c1-9-21-26-27(25-22(37-21)17-30(5,6)18-23(25)39-40(7,8)29(2,3)4)31(16-10-11-24(31)36)38-28(26)19-12-14-20(15-13-19)32(33,34)35/h12-15,23-24,28H,9-11,16-18H2,1-8H3/t23-,24?,28+,31?/m0/s1. The monoisotopic (exact) mass is 685 g/mol. The van der Waals surface area contributed by atoms with Gasteiger partial charge in [-0.05, 0) is 79.8 Å². The molecule has 2 aromatic rings. The highest BCUT2D eigenvalue weighted by atomic mass is 127. The van der Waals surface area contributed by atoms with Gasteiger partial charge in [-0.2, -0.15) is 13.2 Å². The van der Waals surface area contributed by atoms with Crippen LogP contribution in [0.15, 0.2) is 24.3 Å². The first kappa shape index (κ1) is 30.5. The van der Waals surface area contributed by atoms with Gasteiger partial charge >= 0.3 is 6.18 Å². The Bertz CT molecular complexity index is 1290. The lowest BCUT2D eigenvalue weighted by Gasteiger charge is -2.45. The molecule has 1 aliphatic heterocycles. The van der Waals surface area contributed by atoms with Crippen LogP contribution in [0, 0.1) is 5.41 Å². The van der Waals surface area contributed by atoms with Crippen LogP contribution < -0.4 is 0 Å². The maximum atomic E-state index is 13.4. The third kappa shape index (κ3) is 5.10. The summed E-state index contributed by atoms with van der Waals surface area (Å²) < 4.78 is 54.9. The lowest BCUT2D eigenvalue weighted by Crippen LogP contribution is -2.44. The van der Waals surface area contributed by atoms with E-state index in [4.69, 9.17) is 14.1 Å². The Morgan fingerprint density at radius 2 is 1.75 bits per heavy atom. The first-order chi connectivity index (χ1) is 18.4. The third-order valence-electron chi connectivity index (χ3n) is 9.78. The van der Waals surface area contributed by atoms with Crippen molar-refractivity contribution in [1.29, 1.82) is 0 Å². The summed E-state index contributed by atoms with van der Waals surface area (Å²) in [5, 5.41) is 0.0603. The number of nitrogens with zero attached hydrogens (tertiary/aromatic N) is 1. The minimum atomic E-state index is -4.37. The molecular weight excluding hydrogens is 642 g/mol. The first-order valence-corrected chi connectivity index (χ1v) is 18.8. The molecule has 0 amide bonds. The Kier molecular flexibility index (Phi) is 7.66. The van der Waals surface area contributed by atoms with Crippen LogP contribution in [0.4, 0.5) is 13.2 Å². The van der Waals surface area contributed by atoms with E-state index in [9.17, 15) is 13.2 Å². The van der Waals surface area contributed by atoms with Gasteiger partial charge in [0.05, 0.1) is 11.7 Å². The van der Waals surface area contributed by atoms with Crippen molar-refractivity contribution in [3.63, 3.8) is 0 Å². The number of fused-ring (bicyclic) bond motifs is 4. The molecule has 0 saturated heterocycles. The molecule has 40 heavy (non-hydrogen) atoms. The van der Waals surface area contributed by atoms with E-state index >= 15 is 0 Å². The SMILES string of the molecule is CCc1nc2c(c3c1[C@@H](c1ccc(C(F)(F)F)cc1)OC31CCCC1I)[C@@H](O[Si](C)(C)C(C)(C)C)CC(C)(C)C2. The summed E-state index contributed by atoms with van der Waals surface area (Å²) in [5.74, 6) is 0. The van der Waals surface area contributed by atoms with E-state index in [0.717, 1.165) is 61.0 Å². The Hall–Kier alpha value is -0.973. The largest absolute Gasteiger partial charge is 0.416 e. The highest BCUT2D eigenvalue weighted by Gasteiger charge is 2.57. The quantitative estimate of drug-likeness (QED) is 0.182. The van der Waals surface area contributed by atoms with E-state index in [0.29, 0.717) is 0 Å². The molecule has 2 aliphatic carbocycles. The zero-order valence-electron chi connectivity index (χ0n) is 25.1. The normalized spacial score (nSPS) is 28.1. The van der Waals surface area contributed by atoms with Crippen molar-refractivity contribution in [3.05, 3.63) is 63.5 Å². The predicted octanol–water partition coefficient (Wildman–Crippen LogP) is 10.0. The molecule has 3 aliphatic rings. The number of pyridine rings is 1. The number of rotatable bonds is 4. The topological polar surface area (TPSA) is 31.4 Å². The molecule has 1 aromatic carbocycles. The maximum absolute atomic E-state index is 13.4. The molecule has 0 radical (unpaired) electrons. The van der Waals surface area contributed by atoms with Crippen molar-refractivity contribution < 1.29 is 22.3 Å². The van der Waals surface area contributed by atoms with Gasteiger partial charge in [0.25, 0.3) is 0 Å². The van der Waals surface area contributed by atoms with E-state index in [-0.39, 0.29) is 20.5 Å². The fourth-order valence-electron chi connectivity index (χ4n) is 6.73. The minimum absolute atomic E-state index is 0.0468. The van der Waals surface area contributed by atoms with Crippen molar-refractivity contribution in [3.8, 4) is 0 Å². The number of alkyl halides is 4. The predicted molar refractivity (Wildman–Crippen MR) is 164 cm³/mol. The van der Waals surface area contributed by atoms with Gasteiger partial charge in [-0.3, -0.25) is 4.98 Å². The van der Waals surface area contributed by atoms with Crippen LogP contribution in [0.3, 0.4) is 0 Å². The lowest BCUT2D eigenvalue weighted by molar-refractivity contribution is -0.137. The van der Waals surface area contributed by atoms with Gasteiger partial charge in [-0.1, -0.05) is 76.3 Å². The molecule has 220 valence electrons. The van der Waals surface area contributed by atoms with Gasteiger partial charge in [0, 0.05) is 32.0 Å². The summed E-state index contributed by atoms with van der Waals surface area (Å²) in [6, 6.07) is 5.56. The average Bonchev–Trinajstić information content (AvgIpc) is 3.37. The van der Waals surface area contributed by atoms with E-state index < -0.39 is 31.8 Å². The summed E-state index contributed by atoms with van der Waals surface area (Å²) in [4.78, 5) is 5.33. The second kappa shape index (κ2) is 10.0. The number of benzene rings is 1. The van der Waals surface area contributed by atoms with E-state index in [1.165, 1.54) is 23.3 Å². The second-order valence-electron chi connectivity index (χ2n) is 14.3. The number of aromatic nitrogens is 1. The van der Waals surface area contributed by atoms with Crippen molar-refractivity contribution in [1.82, 2.24) is 4.98 Å². The summed E-state index contributed by atoms with van der Waals surface area (Å²) >= 11 is 2.56. The fourth-order valence-corrected chi connectivity index (χ4v) is 9.20. The molecule has 5 rings (SSSR count). The van der Waals surface area contributed by atoms with Crippen molar-refractivity contribution in [2.45, 2.75) is 126 Å².